The lowest BCUT2D eigenvalue weighted by Crippen LogP contribution is -2.55. The number of ether oxygens (including phenoxy) is 2. The van der Waals surface area contributed by atoms with E-state index in [1.54, 1.807) is 55.5 Å². The molecule has 36 heavy (non-hydrogen) atoms. The Morgan fingerprint density at radius 3 is 2.33 bits per heavy atom. The van der Waals surface area contributed by atoms with Crippen LogP contribution in [0.15, 0.2) is 48.5 Å². The van der Waals surface area contributed by atoms with Gasteiger partial charge in [-0.25, -0.2) is 0 Å². The predicted molar refractivity (Wildman–Crippen MR) is 126 cm³/mol. The number of carboxylic acid groups (broad SMARTS) is 1. The normalized spacial score (nSPS) is 17.7. The van der Waals surface area contributed by atoms with Crippen molar-refractivity contribution in [1.29, 1.82) is 0 Å². The molecule has 0 spiro atoms. The van der Waals surface area contributed by atoms with Gasteiger partial charge >= 0.3 is 11.9 Å². The molecule has 11 nitrogen and oxygen atoms in total. The Kier molecular flexibility index (Phi) is 7.30. The first-order chi connectivity index (χ1) is 17.3. The van der Waals surface area contributed by atoms with Crippen molar-refractivity contribution in [2.24, 2.45) is 0 Å². The van der Waals surface area contributed by atoms with Crippen LogP contribution in [0.3, 0.4) is 0 Å². The van der Waals surface area contributed by atoms with E-state index in [2.05, 4.69) is 5.32 Å². The SMILES string of the molecule is CCOC(=O)[C@H](CCN1C(=O)c2ccccc2C1=O)NC1COc2ccccc2N(CC(=O)O)C1=O. The molecule has 0 bridgehead atoms. The number of anilines is 1. The number of carbonyl (C=O) groups excluding carboxylic acids is 4. The summed E-state index contributed by atoms with van der Waals surface area (Å²) < 4.78 is 10.9. The lowest BCUT2D eigenvalue weighted by atomic mass is 10.1. The van der Waals surface area contributed by atoms with E-state index >= 15 is 0 Å². The molecular weight excluding hydrogens is 470 g/mol. The Morgan fingerprint density at radius 1 is 1.06 bits per heavy atom. The second-order valence-electron chi connectivity index (χ2n) is 8.22. The van der Waals surface area contributed by atoms with Crippen molar-refractivity contribution in [3.63, 3.8) is 0 Å². The number of amides is 3. The van der Waals surface area contributed by atoms with Gasteiger partial charge in [-0.1, -0.05) is 24.3 Å². The summed E-state index contributed by atoms with van der Waals surface area (Å²) in [6.07, 6.45) is -0.0278. The van der Waals surface area contributed by atoms with Crippen molar-refractivity contribution in [2.75, 3.05) is 31.2 Å². The standard InChI is InChI=1S/C25H25N3O8/c1-2-35-25(34)17(11-12-27-22(31)15-7-3-4-8-16(15)23(27)32)26-18-14-36-20-10-6-5-9-19(20)28(24(18)33)13-21(29)30/h3-10,17-18,26H,2,11-14H2,1H3,(H,29,30)/t17-,18?/m0/s1. The molecule has 2 heterocycles. The number of nitrogens with zero attached hydrogens (tertiary/aromatic N) is 2. The highest BCUT2D eigenvalue weighted by atomic mass is 16.5. The van der Waals surface area contributed by atoms with Gasteiger partial charge in [0.25, 0.3) is 11.8 Å². The molecule has 11 heteroatoms. The molecule has 2 atom stereocenters. The Balaban J connectivity index is 1.53. The van der Waals surface area contributed by atoms with E-state index < -0.39 is 48.3 Å². The van der Waals surface area contributed by atoms with Crippen LogP contribution < -0.4 is 15.0 Å². The van der Waals surface area contributed by atoms with E-state index in [9.17, 15) is 29.1 Å². The van der Waals surface area contributed by atoms with E-state index in [-0.39, 0.29) is 37.3 Å². The molecule has 2 aliphatic rings. The Hall–Kier alpha value is -4.25. The highest BCUT2D eigenvalue weighted by molar-refractivity contribution is 6.21. The van der Waals surface area contributed by atoms with Gasteiger partial charge in [-0.3, -0.25) is 39.1 Å². The number of rotatable bonds is 9. The molecule has 0 saturated heterocycles. The number of aliphatic carboxylic acids is 1. The summed E-state index contributed by atoms with van der Waals surface area (Å²) in [7, 11) is 0. The van der Waals surface area contributed by atoms with E-state index in [1.165, 1.54) is 0 Å². The minimum Gasteiger partial charge on any atom is -0.489 e. The van der Waals surface area contributed by atoms with Crippen LogP contribution in [0.5, 0.6) is 5.75 Å². The molecular formula is C25H25N3O8. The van der Waals surface area contributed by atoms with Crippen molar-refractivity contribution in [3.05, 3.63) is 59.7 Å². The van der Waals surface area contributed by atoms with Gasteiger partial charge in [0.05, 0.1) is 23.4 Å². The minimum atomic E-state index is -1.22. The van der Waals surface area contributed by atoms with Gasteiger partial charge < -0.3 is 14.6 Å². The molecule has 0 fully saturated rings. The fourth-order valence-electron chi connectivity index (χ4n) is 4.23. The molecule has 0 aromatic heterocycles. The summed E-state index contributed by atoms with van der Waals surface area (Å²) in [5, 5.41) is 12.3. The maximum absolute atomic E-state index is 13.3. The quantitative estimate of drug-likeness (QED) is 0.386. The number of nitrogens with one attached hydrogen (secondary N) is 1. The van der Waals surface area contributed by atoms with Gasteiger partial charge in [0.2, 0.25) is 5.91 Å². The minimum absolute atomic E-state index is 0.0278. The fourth-order valence-corrected chi connectivity index (χ4v) is 4.23. The second kappa shape index (κ2) is 10.6. The monoisotopic (exact) mass is 495 g/mol. The second-order valence-corrected chi connectivity index (χ2v) is 8.22. The number of hydrogen-bond acceptors (Lipinski definition) is 8. The molecule has 2 N–H and O–H groups in total. The Labute approximate surface area is 206 Å². The van der Waals surface area contributed by atoms with Crippen LogP contribution in [0.4, 0.5) is 5.69 Å². The average molecular weight is 495 g/mol. The zero-order valence-electron chi connectivity index (χ0n) is 19.5. The van der Waals surface area contributed by atoms with E-state index in [1.807, 2.05) is 0 Å². The third kappa shape index (κ3) is 4.91. The van der Waals surface area contributed by atoms with Crippen molar-refractivity contribution in [1.82, 2.24) is 10.2 Å². The summed E-state index contributed by atoms with van der Waals surface area (Å²) in [5.41, 5.74) is 0.878. The van der Waals surface area contributed by atoms with Gasteiger partial charge in [0, 0.05) is 6.54 Å². The van der Waals surface area contributed by atoms with E-state index in [0.29, 0.717) is 11.4 Å². The molecule has 188 valence electrons. The lowest BCUT2D eigenvalue weighted by molar-refractivity contribution is -0.146. The fraction of sp³-hybridized carbons (Fsp3) is 0.320. The zero-order valence-corrected chi connectivity index (χ0v) is 19.5. The van der Waals surface area contributed by atoms with Crippen LogP contribution in [-0.4, -0.2) is 78.1 Å². The summed E-state index contributed by atoms with van der Waals surface area (Å²) >= 11 is 0. The Bertz CT molecular complexity index is 1180. The number of hydrogen-bond donors (Lipinski definition) is 2. The number of imide groups is 1. The molecule has 1 unspecified atom stereocenters. The number of para-hydroxylation sites is 2. The van der Waals surface area contributed by atoms with Crippen molar-refractivity contribution < 1.29 is 38.6 Å². The first-order valence-electron chi connectivity index (χ1n) is 11.4. The lowest BCUT2D eigenvalue weighted by Gasteiger charge is -2.27. The number of benzene rings is 2. The highest BCUT2D eigenvalue weighted by Crippen LogP contribution is 2.31. The summed E-state index contributed by atoms with van der Waals surface area (Å²) in [6.45, 7) is 0.842. The zero-order chi connectivity index (χ0) is 25.8. The molecule has 3 amide bonds. The van der Waals surface area contributed by atoms with Crippen LogP contribution in [0.2, 0.25) is 0 Å². The largest absolute Gasteiger partial charge is 0.489 e. The highest BCUT2D eigenvalue weighted by Gasteiger charge is 2.38. The predicted octanol–water partition coefficient (Wildman–Crippen LogP) is 1.07. The maximum Gasteiger partial charge on any atom is 0.323 e. The summed E-state index contributed by atoms with van der Waals surface area (Å²) in [5.74, 6) is -3.09. The van der Waals surface area contributed by atoms with Crippen LogP contribution in [-0.2, 0) is 19.1 Å². The number of carboxylic acids is 1. The molecule has 2 aromatic carbocycles. The third-order valence-corrected chi connectivity index (χ3v) is 5.91. The first kappa shape index (κ1) is 24.9. The van der Waals surface area contributed by atoms with Gasteiger partial charge in [0.1, 0.15) is 31.0 Å². The molecule has 0 saturated carbocycles. The van der Waals surface area contributed by atoms with Crippen LogP contribution in [0.25, 0.3) is 0 Å². The molecule has 2 aliphatic heterocycles. The number of esters is 1. The smallest absolute Gasteiger partial charge is 0.323 e. The van der Waals surface area contributed by atoms with Crippen LogP contribution in [0, 0.1) is 0 Å². The topological polar surface area (TPSA) is 143 Å². The molecule has 2 aromatic rings. The number of carbonyl (C=O) groups is 5. The average Bonchev–Trinajstić information content (AvgIpc) is 3.03. The van der Waals surface area contributed by atoms with Crippen molar-refractivity contribution >= 4 is 35.3 Å². The molecule has 0 aliphatic carbocycles. The molecule has 4 rings (SSSR count). The van der Waals surface area contributed by atoms with Crippen LogP contribution in [0.1, 0.15) is 34.1 Å². The summed E-state index contributed by atoms with van der Waals surface area (Å²) in [6, 6.07) is 10.8. The van der Waals surface area contributed by atoms with Gasteiger partial charge in [-0.2, -0.15) is 0 Å². The first-order valence-corrected chi connectivity index (χ1v) is 11.4. The summed E-state index contributed by atoms with van der Waals surface area (Å²) in [4.78, 5) is 65.1. The number of fused-ring (bicyclic) bond motifs is 2. The van der Waals surface area contributed by atoms with Crippen molar-refractivity contribution in [3.8, 4) is 5.75 Å². The maximum atomic E-state index is 13.3. The van der Waals surface area contributed by atoms with Gasteiger partial charge in [-0.15, -0.1) is 0 Å². The third-order valence-electron chi connectivity index (χ3n) is 5.91. The van der Waals surface area contributed by atoms with Gasteiger partial charge in [0.15, 0.2) is 0 Å². The van der Waals surface area contributed by atoms with Crippen molar-refractivity contribution in [2.45, 2.75) is 25.4 Å². The van der Waals surface area contributed by atoms with E-state index in [4.69, 9.17) is 9.47 Å². The molecule has 0 radical (unpaired) electrons. The van der Waals surface area contributed by atoms with E-state index in [0.717, 1.165) is 9.80 Å². The van der Waals surface area contributed by atoms with Crippen LogP contribution >= 0.6 is 0 Å². The van der Waals surface area contributed by atoms with Gasteiger partial charge in [-0.05, 0) is 37.6 Å². The Morgan fingerprint density at radius 2 is 1.69 bits per heavy atom.